The Morgan fingerprint density at radius 1 is 0.304 bits per heavy atom. The molecular weight excluding hydrogens is 853 g/mol. The van der Waals surface area contributed by atoms with E-state index in [4.69, 9.17) is 14.2 Å². The molecule has 1 atom stereocenters. The molecule has 0 aliphatic rings. The Labute approximate surface area is 425 Å². The van der Waals surface area contributed by atoms with E-state index in [1.54, 1.807) is 0 Å². The van der Waals surface area contributed by atoms with Gasteiger partial charge in [0.25, 0.3) is 0 Å². The number of allylic oxidation sites excluding steroid dienone is 18. The predicted molar refractivity (Wildman–Crippen MR) is 297 cm³/mol. The van der Waals surface area contributed by atoms with Gasteiger partial charge in [0, 0.05) is 19.3 Å². The van der Waals surface area contributed by atoms with E-state index in [9.17, 15) is 14.4 Å². The lowest BCUT2D eigenvalue weighted by Gasteiger charge is -2.18. The number of carbonyl (C=O) groups is 3. The molecule has 0 unspecified atom stereocenters. The molecule has 0 spiro atoms. The minimum atomic E-state index is -0.835. The molecule has 0 aromatic rings. The zero-order valence-electron chi connectivity index (χ0n) is 44.8. The van der Waals surface area contributed by atoms with Crippen molar-refractivity contribution in [3.8, 4) is 0 Å². The summed E-state index contributed by atoms with van der Waals surface area (Å²) in [6, 6.07) is 0. The number of unbranched alkanes of at least 4 members (excludes halogenated alkanes) is 21. The molecule has 0 amide bonds. The minimum Gasteiger partial charge on any atom is -0.462 e. The summed E-state index contributed by atoms with van der Waals surface area (Å²) in [4.78, 5) is 38.1. The van der Waals surface area contributed by atoms with Crippen LogP contribution >= 0.6 is 0 Å². The largest absolute Gasteiger partial charge is 0.462 e. The van der Waals surface area contributed by atoms with E-state index in [2.05, 4.69) is 118 Å². The predicted octanol–water partition coefficient (Wildman–Crippen LogP) is 19.1. The van der Waals surface area contributed by atoms with Crippen LogP contribution in [0.25, 0.3) is 0 Å². The van der Waals surface area contributed by atoms with Crippen molar-refractivity contribution in [1.82, 2.24) is 0 Å². The highest BCUT2D eigenvalue weighted by Gasteiger charge is 2.19. The molecule has 0 fully saturated rings. The summed E-state index contributed by atoms with van der Waals surface area (Å²) >= 11 is 0. The van der Waals surface area contributed by atoms with Gasteiger partial charge >= 0.3 is 17.9 Å². The van der Waals surface area contributed by atoms with Gasteiger partial charge in [0.05, 0.1) is 0 Å². The molecule has 0 N–H and O–H groups in total. The monoisotopic (exact) mass is 957 g/mol. The zero-order chi connectivity index (χ0) is 50.0. The van der Waals surface area contributed by atoms with Gasteiger partial charge in [-0.2, -0.15) is 0 Å². The van der Waals surface area contributed by atoms with E-state index in [1.807, 2.05) is 12.2 Å². The molecule has 0 rings (SSSR count). The fourth-order valence-electron chi connectivity index (χ4n) is 7.54. The smallest absolute Gasteiger partial charge is 0.306 e. The summed E-state index contributed by atoms with van der Waals surface area (Å²) < 4.78 is 16.7. The van der Waals surface area contributed by atoms with Crippen LogP contribution in [0.5, 0.6) is 0 Å². The topological polar surface area (TPSA) is 78.9 Å². The Morgan fingerprint density at radius 3 is 1.01 bits per heavy atom. The summed E-state index contributed by atoms with van der Waals surface area (Å²) in [6.45, 7) is 6.42. The molecule has 392 valence electrons. The fraction of sp³-hybridized carbons (Fsp3) is 0.667. The number of hydrogen-bond donors (Lipinski definition) is 0. The Kier molecular flexibility index (Phi) is 53.4. The van der Waals surface area contributed by atoms with Crippen LogP contribution in [0.1, 0.15) is 252 Å². The van der Waals surface area contributed by atoms with Crippen LogP contribution < -0.4 is 0 Å². The van der Waals surface area contributed by atoms with E-state index in [-0.39, 0.29) is 44.0 Å². The number of ether oxygens (including phenoxy) is 3. The summed E-state index contributed by atoms with van der Waals surface area (Å²) in [5, 5.41) is 0. The molecule has 0 saturated heterocycles. The third kappa shape index (κ3) is 54.9. The van der Waals surface area contributed by atoms with Gasteiger partial charge in [0.2, 0.25) is 0 Å². The van der Waals surface area contributed by atoms with Crippen molar-refractivity contribution >= 4 is 17.9 Å². The lowest BCUT2D eigenvalue weighted by Crippen LogP contribution is -2.30. The highest BCUT2D eigenvalue weighted by molar-refractivity contribution is 5.71. The highest BCUT2D eigenvalue weighted by atomic mass is 16.6. The van der Waals surface area contributed by atoms with Crippen LogP contribution in [0, 0.1) is 0 Å². The third-order valence-corrected chi connectivity index (χ3v) is 11.8. The van der Waals surface area contributed by atoms with E-state index in [0.29, 0.717) is 19.3 Å². The number of rotatable bonds is 50. The van der Waals surface area contributed by atoms with Gasteiger partial charge < -0.3 is 14.2 Å². The average Bonchev–Trinajstić information content (AvgIpc) is 3.35. The third-order valence-electron chi connectivity index (χ3n) is 11.8. The lowest BCUT2D eigenvalue weighted by molar-refractivity contribution is -0.166. The summed E-state index contributed by atoms with van der Waals surface area (Å²) in [6.07, 6.45) is 76.7. The van der Waals surface area contributed by atoms with E-state index in [0.717, 1.165) is 77.0 Å². The molecular formula is C63H104O6. The first-order valence-electron chi connectivity index (χ1n) is 28.4. The van der Waals surface area contributed by atoms with Crippen molar-refractivity contribution in [1.29, 1.82) is 0 Å². The summed E-state index contributed by atoms with van der Waals surface area (Å²) in [7, 11) is 0. The molecule has 6 nitrogen and oxygen atoms in total. The van der Waals surface area contributed by atoms with Crippen LogP contribution in [-0.4, -0.2) is 37.2 Å². The second kappa shape index (κ2) is 56.7. The molecule has 0 aromatic carbocycles. The van der Waals surface area contributed by atoms with Gasteiger partial charge in [-0.1, -0.05) is 252 Å². The quantitative estimate of drug-likeness (QED) is 0.0262. The normalized spacial score (nSPS) is 12.9. The van der Waals surface area contributed by atoms with Gasteiger partial charge in [-0.15, -0.1) is 0 Å². The molecule has 0 aliphatic heterocycles. The van der Waals surface area contributed by atoms with Gasteiger partial charge in [-0.3, -0.25) is 14.4 Å². The average molecular weight is 958 g/mol. The van der Waals surface area contributed by atoms with E-state index < -0.39 is 6.10 Å². The number of hydrogen-bond acceptors (Lipinski definition) is 6. The van der Waals surface area contributed by atoms with Gasteiger partial charge in [-0.25, -0.2) is 0 Å². The van der Waals surface area contributed by atoms with Crippen molar-refractivity contribution < 1.29 is 28.6 Å². The van der Waals surface area contributed by atoms with Crippen LogP contribution in [0.4, 0.5) is 0 Å². The molecule has 0 radical (unpaired) electrons. The molecule has 0 saturated carbocycles. The maximum absolute atomic E-state index is 12.8. The van der Waals surface area contributed by atoms with Crippen molar-refractivity contribution in [2.24, 2.45) is 0 Å². The highest BCUT2D eigenvalue weighted by Crippen LogP contribution is 2.15. The van der Waals surface area contributed by atoms with Crippen LogP contribution in [0.2, 0.25) is 0 Å². The van der Waals surface area contributed by atoms with Crippen molar-refractivity contribution in [3.63, 3.8) is 0 Å². The van der Waals surface area contributed by atoms with E-state index >= 15 is 0 Å². The minimum absolute atomic E-state index is 0.121. The second-order valence-electron chi connectivity index (χ2n) is 18.5. The van der Waals surface area contributed by atoms with Gasteiger partial charge in [0.1, 0.15) is 13.2 Å². The standard InChI is InChI=1S/C63H104O6/c1-4-7-10-13-16-19-22-25-28-30-31-33-35-38-41-44-47-50-53-56-62(65)68-59-60(58-67-61(64)55-52-49-46-43-40-37-34-27-24-21-18-15-12-9-6-3)69-63(66)57-54-51-48-45-42-39-36-32-29-26-23-20-17-14-11-8-5-2/h7,10,16,19,25-26,28-29,31,33,36,38-39,41,45,47-48,50,60H,4-6,8-9,11-15,17-18,20-24,27,30,32,34-35,37,40,42-44,46,49,51-59H2,1-3H3/b10-7-,19-16-,28-25-,29-26-,33-31-,39-36-,41-38-,48-45-,50-47-/t60-/m0/s1. The molecule has 0 aromatic heterocycles. The van der Waals surface area contributed by atoms with Crippen LogP contribution in [0.15, 0.2) is 109 Å². The maximum Gasteiger partial charge on any atom is 0.306 e. The molecule has 6 heteroatoms. The Hall–Kier alpha value is -3.93. The van der Waals surface area contributed by atoms with Crippen molar-refractivity contribution in [3.05, 3.63) is 109 Å². The first-order valence-corrected chi connectivity index (χ1v) is 28.4. The van der Waals surface area contributed by atoms with Crippen LogP contribution in [-0.2, 0) is 28.6 Å². The number of carbonyl (C=O) groups excluding carboxylic acids is 3. The second-order valence-corrected chi connectivity index (χ2v) is 18.5. The Balaban J connectivity index is 4.57. The van der Waals surface area contributed by atoms with Crippen LogP contribution in [0.3, 0.4) is 0 Å². The SMILES string of the molecule is CC/C=C\C/C=C\C/C=C\C/C=C\C/C=C\C/C=C\CCC(=O)OC[C@H](COC(=O)CCCCCCCCCCCCCCCCC)OC(=O)CCC/C=C\C/C=C\C/C=C\CCCCCCCC. The molecule has 0 bridgehead atoms. The Bertz CT molecular complexity index is 1420. The zero-order valence-corrected chi connectivity index (χ0v) is 44.8. The van der Waals surface area contributed by atoms with Gasteiger partial charge in [-0.05, 0) is 89.9 Å². The summed E-state index contributed by atoms with van der Waals surface area (Å²) in [5.41, 5.74) is 0. The number of esters is 3. The molecule has 0 heterocycles. The van der Waals surface area contributed by atoms with Gasteiger partial charge in [0.15, 0.2) is 6.10 Å². The van der Waals surface area contributed by atoms with Crippen molar-refractivity contribution in [2.45, 2.75) is 258 Å². The Morgan fingerprint density at radius 2 is 0.609 bits per heavy atom. The maximum atomic E-state index is 12.8. The fourth-order valence-corrected chi connectivity index (χ4v) is 7.54. The lowest BCUT2D eigenvalue weighted by atomic mass is 10.0. The van der Waals surface area contributed by atoms with E-state index in [1.165, 1.54) is 122 Å². The first-order chi connectivity index (χ1) is 34.0. The summed E-state index contributed by atoms with van der Waals surface area (Å²) in [5.74, 6) is -1.06. The first kappa shape index (κ1) is 65.1. The molecule has 0 aliphatic carbocycles. The molecule has 69 heavy (non-hydrogen) atoms. The van der Waals surface area contributed by atoms with Crippen molar-refractivity contribution in [2.75, 3.05) is 13.2 Å².